The highest BCUT2D eigenvalue weighted by atomic mass is 14.6. The van der Waals surface area contributed by atoms with E-state index in [2.05, 4.69) is 19.8 Å². The van der Waals surface area contributed by atoms with Gasteiger partial charge < -0.3 is 5.73 Å². The van der Waals surface area contributed by atoms with Crippen LogP contribution in [-0.4, -0.2) is 6.04 Å². The van der Waals surface area contributed by atoms with Crippen LogP contribution in [0.5, 0.6) is 0 Å². The maximum atomic E-state index is 5.74. The van der Waals surface area contributed by atoms with Crippen LogP contribution in [0.1, 0.15) is 13.3 Å². The fraction of sp³-hybridized carbons (Fsp3) is 0.375. The first-order chi connectivity index (χ1) is 4.34. The van der Waals surface area contributed by atoms with Crippen LogP contribution in [0.15, 0.2) is 0 Å². The Hall–Kier alpha value is -0.0400. The molecule has 9 heavy (non-hydrogen) atoms. The van der Waals surface area contributed by atoms with Gasteiger partial charge in [-0.1, -0.05) is 6.92 Å². The molecule has 0 amide bonds. The van der Waals surface area contributed by atoms with Crippen molar-refractivity contribution < 1.29 is 0 Å². The Balaban J connectivity index is 2.24. The highest BCUT2D eigenvalue weighted by molar-refractivity contribution is 5.38. The molecular weight excluding hydrogens is 110 g/mol. The predicted octanol–water partition coefficient (Wildman–Crippen LogP) is 1.13. The van der Waals surface area contributed by atoms with Crippen LogP contribution in [0.25, 0.3) is 0 Å². The van der Waals surface area contributed by atoms with Crippen LogP contribution in [0, 0.1) is 31.6 Å². The second-order valence-electron chi connectivity index (χ2n) is 2.23. The molecule has 1 fully saturated rings. The van der Waals surface area contributed by atoms with E-state index in [1.54, 1.807) is 0 Å². The predicted molar refractivity (Wildman–Crippen MR) is 38.7 cm³/mol. The van der Waals surface area contributed by atoms with Crippen LogP contribution in [0.2, 0.25) is 0 Å². The van der Waals surface area contributed by atoms with E-state index in [9.17, 15) is 0 Å². The van der Waals surface area contributed by atoms with Crippen LogP contribution in [0.4, 0.5) is 0 Å². The Morgan fingerprint density at radius 2 is 2.00 bits per heavy atom. The maximum absolute atomic E-state index is 5.74. The molecule has 0 aromatic heterocycles. The summed E-state index contributed by atoms with van der Waals surface area (Å²) in [7, 11) is 0. The summed E-state index contributed by atoms with van der Waals surface area (Å²) in [5, 5.41) is 0. The fourth-order valence-electron chi connectivity index (χ4n) is 0.872. The lowest BCUT2D eigenvalue weighted by Gasteiger charge is -2.14. The average Bonchev–Trinajstić information content (AvgIpc) is 2.37. The normalized spacial score (nSPS) is 24.7. The highest BCUT2D eigenvalue weighted by Gasteiger charge is 2.21. The highest BCUT2D eigenvalue weighted by Crippen LogP contribution is 2.26. The Bertz CT molecular complexity index is 74.6. The van der Waals surface area contributed by atoms with Crippen LogP contribution in [-0.2, 0) is 0 Å². The Labute approximate surface area is 57.6 Å². The maximum Gasteiger partial charge on any atom is 0.0105 e. The quantitative estimate of drug-likeness (QED) is 0.583. The van der Waals surface area contributed by atoms with Crippen molar-refractivity contribution in [2.24, 2.45) is 5.73 Å². The lowest BCUT2D eigenvalue weighted by atomic mass is 9.97. The van der Waals surface area contributed by atoms with Crippen molar-refractivity contribution in [1.29, 1.82) is 0 Å². The molecule has 0 aromatic carbocycles. The molecule has 1 rings (SSSR count). The van der Waals surface area contributed by atoms with Gasteiger partial charge in [0.15, 0.2) is 0 Å². The molecule has 2 N–H and O–H groups in total. The summed E-state index contributed by atoms with van der Waals surface area (Å²) in [5.41, 5.74) is 5.74. The third-order valence-corrected chi connectivity index (χ3v) is 1.56. The molecular formula is C8H12N. The van der Waals surface area contributed by atoms with Crippen LogP contribution in [0.3, 0.4) is 0 Å². The van der Waals surface area contributed by atoms with Gasteiger partial charge >= 0.3 is 0 Å². The molecule has 0 aromatic rings. The fourth-order valence-corrected chi connectivity index (χ4v) is 0.872. The van der Waals surface area contributed by atoms with Gasteiger partial charge in [-0.25, -0.2) is 0 Å². The molecule has 0 bridgehead atoms. The molecule has 1 unspecified atom stereocenters. The van der Waals surface area contributed by atoms with Crippen molar-refractivity contribution in [2.45, 2.75) is 19.4 Å². The minimum absolute atomic E-state index is 0.236. The Morgan fingerprint density at radius 1 is 1.44 bits per heavy atom. The molecule has 0 spiro atoms. The third-order valence-electron chi connectivity index (χ3n) is 1.56. The zero-order valence-corrected chi connectivity index (χ0v) is 5.67. The first-order valence-electron chi connectivity index (χ1n) is 3.31. The summed E-state index contributed by atoms with van der Waals surface area (Å²) < 4.78 is 0. The van der Waals surface area contributed by atoms with Crippen molar-refractivity contribution >= 4 is 0 Å². The average molecular weight is 122 g/mol. The van der Waals surface area contributed by atoms with Gasteiger partial charge in [-0.15, -0.1) is 0 Å². The number of hydrogen-bond donors (Lipinski definition) is 1. The topological polar surface area (TPSA) is 26.0 Å². The summed E-state index contributed by atoms with van der Waals surface area (Å²) in [5.74, 6) is 1.25. The van der Waals surface area contributed by atoms with Crippen LogP contribution >= 0.6 is 0 Å². The Morgan fingerprint density at radius 3 is 2.44 bits per heavy atom. The molecule has 1 aliphatic rings. The van der Waals surface area contributed by atoms with Gasteiger partial charge in [0.05, 0.1) is 0 Å². The summed E-state index contributed by atoms with van der Waals surface area (Å²) in [6.45, 7) is 2.09. The zero-order chi connectivity index (χ0) is 6.69. The minimum Gasteiger partial charge on any atom is -0.327 e. The van der Waals surface area contributed by atoms with E-state index < -0.39 is 0 Å². The van der Waals surface area contributed by atoms with Gasteiger partial charge in [0.25, 0.3) is 0 Å². The summed E-state index contributed by atoms with van der Waals surface area (Å²) in [6.07, 6.45) is 9.18. The van der Waals surface area contributed by atoms with Crippen LogP contribution < -0.4 is 5.73 Å². The van der Waals surface area contributed by atoms with E-state index in [1.807, 2.05) is 12.8 Å². The van der Waals surface area contributed by atoms with Crippen molar-refractivity contribution in [3.63, 3.8) is 0 Å². The molecule has 1 aliphatic carbocycles. The van der Waals surface area contributed by atoms with Gasteiger partial charge in [0, 0.05) is 6.04 Å². The van der Waals surface area contributed by atoms with E-state index in [0.717, 1.165) is 6.42 Å². The largest absolute Gasteiger partial charge is 0.327 e. The van der Waals surface area contributed by atoms with E-state index in [-0.39, 0.29) is 6.04 Å². The molecule has 1 saturated carbocycles. The molecule has 0 heterocycles. The summed E-state index contributed by atoms with van der Waals surface area (Å²) in [6, 6.07) is 0.236. The monoisotopic (exact) mass is 122 g/mol. The molecule has 1 nitrogen and oxygen atoms in total. The van der Waals surface area contributed by atoms with Gasteiger partial charge in [0.2, 0.25) is 0 Å². The first-order valence-corrected chi connectivity index (χ1v) is 3.31. The van der Waals surface area contributed by atoms with E-state index in [1.165, 1.54) is 5.92 Å². The second-order valence-corrected chi connectivity index (χ2v) is 2.23. The zero-order valence-electron chi connectivity index (χ0n) is 5.67. The molecule has 0 aliphatic heterocycles. The van der Waals surface area contributed by atoms with E-state index in [0.29, 0.717) is 0 Å². The smallest absolute Gasteiger partial charge is 0.0105 e. The van der Waals surface area contributed by atoms with E-state index >= 15 is 0 Å². The van der Waals surface area contributed by atoms with Gasteiger partial charge in [-0.3, -0.25) is 0 Å². The molecule has 1 atom stereocenters. The molecule has 0 saturated heterocycles. The van der Waals surface area contributed by atoms with Gasteiger partial charge in [-0.2, -0.15) is 0 Å². The van der Waals surface area contributed by atoms with Crippen molar-refractivity contribution in [3.05, 3.63) is 31.6 Å². The van der Waals surface area contributed by atoms with Gasteiger partial charge in [-0.05, 0) is 38.0 Å². The second kappa shape index (κ2) is 3.21. The molecule has 1 heteroatoms. The van der Waals surface area contributed by atoms with E-state index in [4.69, 9.17) is 5.73 Å². The van der Waals surface area contributed by atoms with Crippen molar-refractivity contribution in [1.82, 2.24) is 0 Å². The molecule has 49 valence electrons. The standard InChI is InChI=1S/C8H12N/c1-2-8(9)7-5-3-4-6-7/h3-6,8H,2,9H2,1H3. The number of rotatable bonds is 2. The first kappa shape index (κ1) is 7.07. The Kier molecular flexibility index (Phi) is 2.52. The lowest BCUT2D eigenvalue weighted by Crippen LogP contribution is -2.25. The third kappa shape index (κ3) is 1.68. The SMILES string of the molecule is CCC(N)[C]1[CH][CH][CH][CH]1. The molecule has 5 radical (unpaired) electrons. The number of nitrogens with two attached hydrogens (primary N) is 1. The van der Waals surface area contributed by atoms with Gasteiger partial charge in [0.1, 0.15) is 0 Å². The summed E-state index contributed by atoms with van der Waals surface area (Å²) in [4.78, 5) is 0. The van der Waals surface area contributed by atoms with Crippen molar-refractivity contribution in [2.75, 3.05) is 0 Å². The lowest BCUT2D eigenvalue weighted by molar-refractivity contribution is 0.696. The number of hydrogen-bond acceptors (Lipinski definition) is 1. The van der Waals surface area contributed by atoms with Crippen molar-refractivity contribution in [3.8, 4) is 0 Å². The summed E-state index contributed by atoms with van der Waals surface area (Å²) >= 11 is 0. The minimum atomic E-state index is 0.236.